The molecule has 0 radical (unpaired) electrons. The fourth-order valence-corrected chi connectivity index (χ4v) is 1.44. The minimum Gasteiger partial charge on any atom is -0.410 e. The van der Waals surface area contributed by atoms with Crippen LogP contribution in [0.15, 0.2) is 0 Å². The van der Waals surface area contributed by atoms with Crippen LogP contribution in [0.2, 0.25) is 0 Å². The van der Waals surface area contributed by atoms with E-state index < -0.39 is 0 Å². The number of carbonyl (C=O) groups is 1. The van der Waals surface area contributed by atoms with Gasteiger partial charge in [-0.1, -0.05) is 0 Å². The van der Waals surface area contributed by atoms with Crippen LogP contribution in [0.4, 0.5) is 0 Å². The number of hydrogen-bond acceptors (Lipinski definition) is 2. The summed E-state index contributed by atoms with van der Waals surface area (Å²) < 4.78 is 9.87. The van der Waals surface area contributed by atoms with Crippen molar-refractivity contribution in [2.45, 2.75) is 44.8 Å². The Kier molecular flexibility index (Phi) is 5.78. The van der Waals surface area contributed by atoms with Crippen molar-refractivity contribution in [3.8, 4) is 0 Å². The van der Waals surface area contributed by atoms with Gasteiger partial charge in [0, 0.05) is 19.3 Å². The van der Waals surface area contributed by atoms with E-state index in [1.807, 2.05) is 0 Å². The van der Waals surface area contributed by atoms with E-state index in [1.165, 1.54) is 12.8 Å². The largest absolute Gasteiger partial charge is 0.410 e. The van der Waals surface area contributed by atoms with Gasteiger partial charge in [0.05, 0.1) is 6.61 Å². The van der Waals surface area contributed by atoms with E-state index in [0.29, 0.717) is 6.42 Å². The monoisotopic (exact) mass is 187 g/mol. The fraction of sp³-hybridized carbons (Fsp3) is 0.900. The molecule has 0 aromatic rings. The Morgan fingerprint density at radius 2 is 2.31 bits per heavy atom. The van der Waals surface area contributed by atoms with Crippen LogP contribution in [-0.2, 0) is 9.53 Å². The van der Waals surface area contributed by atoms with Gasteiger partial charge in [-0.3, -0.25) is 0 Å². The van der Waals surface area contributed by atoms with Crippen molar-refractivity contribution >= 4 is 6.29 Å². The second kappa shape index (κ2) is 7.04. The van der Waals surface area contributed by atoms with Gasteiger partial charge >= 0.3 is 0 Å². The standard InChI is InChI=1S/C10H18O3/c11-7-3-1-4-8-12-10-6-2-5-9-13-10/h7,10H,1-6,8-9H2/p+1. The number of aldehydes is 1. The quantitative estimate of drug-likeness (QED) is 0.358. The van der Waals surface area contributed by atoms with Gasteiger partial charge in [-0.25, -0.2) is 0 Å². The molecule has 0 saturated carbocycles. The Morgan fingerprint density at radius 1 is 1.38 bits per heavy atom. The summed E-state index contributed by atoms with van der Waals surface area (Å²) >= 11 is 0. The number of aliphatic hydroxyl groups is 2. The van der Waals surface area contributed by atoms with Crippen LogP contribution in [0.3, 0.4) is 0 Å². The van der Waals surface area contributed by atoms with Crippen molar-refractivity contribution in [3.63, 3.8) is 0 Å². The molecule has 1 aliphatic rings. The highest BCUT2D eigenvalue weighted by atomic mass is 16.7. The zero-order chi connectivity index (χ0) is 9.36. The molecule has 1 atom stereocenters. The van der Waals surface area contributed by atoms with Gasteiger partial charge in [-0.2, -0.15) is 0 Å². The van der Waals surface area contributed by atoms with E-state index in [0.717, 1.165) is 38.8 Å². The molecule has 13 heavy (non-hydrogen) atoms. The minimum atomic E-state index is 0.144. The third-order valence-corrected chi connectivity index (χ3v) is 2.22. The molecule has 0 amide bonds. The molecular weight excluding hydrogens is 168 g/mol. The Hall–Kier alpha value is -0.410. The molecule has 1 aliphatic heterocycles. The van der Waals surface area contributed by atoms with Crippen LogP contribution >= 0.6 is 0 Å². The molecule has 3 heteroatoms. The number of ether oxygens (including phenoxy) is 2. The second-order valence-corrected chi connectivity index (χ2v) is 3.39. The van der Waals surface area contributed by atoms with E-state index in [-0.39, 0.29) is 6.29 Å². The van der Waals surface area contributed by atoms with E-state index in [2.05, 4.69) is 4.74 Å². The van der Waals surface area contributed by atoms with Crippen LogP contribution in [-0.4, -0.2) is 30.5 Å². The minimum absolute atomic E-state index is 0.144. The average molecular weight is 187 g/mol. The molecule has 76 valence electrons. The lowest BCUT2D eigenvalue weighted by Gasteiger charge is -2.18. The highest BCUT2D eigenvalue weighted by molar-refractivity contribution is 5.48. The molecule has 1 unspecified atom stereocenters. The third-order valence-electron chi connectivity index (χ3n) is 2.22. The van der Waals surface area contributed by atoms with E-state index in [1.54, 1.807) is 0 Å². The fourth-order valence-electron chi connectivity index (χ4n) is 1.44. The maximum absolute atomic E-state index is 10.0. The average Bonchev–Trinajstić information content (AvgIpc) is 2.19. The summed E-state index contributed by atoms with van der Waals surface area (Å²) in [5.41, 5.74) is 0. The maximum atomic E-state index is 10.0. The van der Waals surface area contributed by atoms with E-state index in [4.69, 9.17) is 4.74 Å². The topological polar surface area (TPSA) is 39.1 Å². The Bertz CT molecular complexity index is 130. The lowest BCUT2D eigenvalue weighted by Crippen LogP contribution is -2.26. The summed E-state index contributed by atoms with van der Waals surface area (Å²) in [6.07, 6.45) is 7.24. The Balaban J connectivity index is 1.89. The number of hydrogen-bond donors (Lipinski definition) is 0. The Labute approximate surface area is 79.4 Å². The molecule has 1 rings (SSSR count). The zero-order valence-electron chi connectivity index (χ0n) is 8.08. The molecule has 0 aromatic carbocycles. The normalized spacial score (nSPS) is 22.9. The Morgan fingerprint density at radius 3 is 3.00 bits per heavy atom. The highest BCUT2D eigenvalue weighted by Gasteiger charge is 2.17. The summed E-state index contributed by atoms with van der Waals surface area (Å²) in [5.74, 6) is 0. The molecule has 0 spiro atoms. The molecule has 3 nitrogen and oxygen atoms in total. The first-order chi connectivity index (χ1) is 6.43. The summed E-state index contributed by atoms with van der Waals surface area (Å²) in [6.45, 7) is 1.71. The molecule has 1 saturated heterocycles. The molecule has 0 aliphatic carbocycles. The first-order valence-electron chi connectivity index (χ1n) is 5.15. The number of carbonyl (C=O) groups excluding carboxylic acids is 1. The van der Waals surface area contributed by atoms with Gasteiger partial charge < -0.3 is 14.3 Å². The lowest BCUT2D eigenvalue weighted by atomic mass is 10.2. The van der Waals surface area contributed by atoms with Crippen molar-refractivity contribution in [1.82, 2.24) is 0 Å². The second-order valence-electron chi connectivity index (χ2n) is 3.39. The van der Waals surface area contributed by atoms with Crippen molar-refractivity contribution < 1.29 is 14.3 Å². The van der Waals surface area contributed by atoms with Gasteiger partial charge in [0.15, 0.2) is 0 Å². The van der Waals surface area contributed by atoms with Crippen molar-refractivity contribution in [3.05, 3.63) is 0 Å². The van der Waals surface area contributed by atoms with Gasteiger partial charge in [0.25, 0.3) is 6.29 Å². The summed E-state index contributed by atoms with van der Waals surface area (Å²) in [6, 6.07) is 0. The van der Waals surface area contributed by atoms with E-state index in [9.17, 15) is 4.79 Å². The first-order valence-corrected chi connectivity index (χ1v) is 5.15. The lowest BCUT2D eigenvalue weighted by molar-refractivity contribution is -0.253. The predicted molar refractivity (Wildman–Crippen MR) is 50.6 cm³/mol. The predicted octanol–water partition coefficient (Wildman–Crippen LogP) is 1.41. The first kappa shape index (κ1) is 10.7. The molecule has 1 fully saturated rings. The molecule has 1 N–H and O–H groups in total. The maximum Gasteiger partial charge on any atom is 0.264 e. The molecule has 0 bridgehead atoms. The molecule has 0 aromatic heterocycles. The zero-order valence-corrected chi connectivity index (χ0v) is 8.08. The van der Waals surface area contributed by atoms with Gasteiger partial charge in [-0.05, 0) is 19.3 Å². The SMILES string of the molecule is O=CCCCC[OH+]C1CCCCO1. The van der Waals surface area contributed by atoms with Crippen molar-refractivity contribution in [1.29, 1.82) is 0 Å². The van der Waals surface area contributed by atoms with Crippen LogP contribution < -0.4 is 0 Å². The van der Waals surface area contributed by atoms with Crippen LogP contribution in [0.1, 0.15) is 38.5 Å². The summed E-state index contributed by atoms with van der Waals surface area (Å²) in [5, 5.41) is 0. The van der Waals surface area contributed by atoms with Gasteiger partial charge in [0.2, 0.25) is 0 Å². The van der Waals surface area contributed by atoms with E-state index >= 15 is 0 Å². The highest BCUT2D eigenvalue weighted by Crippen LogP contribution is 2.12. The van der Waals surface area contributed by atoms with Crippen molar-refractivity contribution in [2.24, 2.45) is 0 Å². The van der Waals surface area contributed by atoms with Gasteiger partial charge in [0.1, 0.15) is 12.9 Å². The number of rotatable bonds is 6. The van der Waals surface area contributed by atoms with Crippen molar-refractivity contribution in [2.75, 3.05) is 13.2 Å². The van der Waals surface area contributed by atoms with Crippen LogP contribution in [0, 0.1) is 0 Å². The van der Waals surface area contributed by atoms with Gasteiger partial charge in [-0.15, -0.1) is 0 Å². The number of unbranched alkanes of at least 4 members (excludes halogenated alkanes) is 2. The van der Waals surface area contributed by atoms with Crippen LogP contribution in [0.5, 0.6) is 0 Å². The summed E-state index contributed by atoms with van der Waals surface area (Å²) in [4.78, 5) is 10.0. The molecule has 1 heterocycles. The third kappa shape index (κ3) is 5.01. The molecular formula is C10H19O3+. The summed E-state index contributed by atoms with van der Waals surface area (Å²) in [7, 11) is 0. The van der Waals surface area contributed by atoms with Crippen LogP contribution in [0.25, 0.3) is 0 Å². The smallest absolute Gasteiger partial charge is 0.264 e.